The van der Waals surface area contributed by atoms with Crippen LogP contribution in [0.5, 0.6) is 0 Å². The minimum atomic E-state index is 0.670. The fraction of sp³-hybridized carbons (Fsp3) is 0.615. The van der Waals surface area contributed by atoms with Gasteiger partial charge < -0.3 is 5.32 Å². The van der Waals surface area contributed by atoms with Crippen LogP contribution in [-0.4, -0.2) is 18.6 Å². The lowest BCUT2D eigenvalue weighted by atomic mass is 9.92. The minimum Gasteiger partial charge on any atom is -0.319 e. The molecular weight excluding hydrogens is 184 g/mol. The molecule has 1 aromatic heterocycles. The number of hydrogen-bond donors (Lipinski definition) is 1. The summed E-state index contributed by atoms with van der Waals surface area (Å²) < 4.78 is 0. The summed E-state index contributed by atoms with van der Waals surface area (Å²) in [6, 6.07) is 2.19. The van der Waals surface area contributed by atoms with Gasteiger partial charge in [0.05, 0.1) is 0 Å². The van der Waals surface area contributed by atoms with Crippen molar-refractivity contribution in [2.45, 2.75) is 32.6 Å². The van der Waals surface area contributed by atoms with Crippen molar-refractivity contribution in [2.24, 2.45) is 5.92 Å². The first kappa shape index (κ1) is 10.6. The highest BCUT2D eigenvalue weighted by molar-refractivity contribution is 5.30. The van der Waals surface area contributed by atoms with E-state index in [1.165, 1.54) is 24.0 Å². The van der Waals surface area contributed by atoms with Crippen molar-refractivity contribution in [1.29, 1.82) is 0 Å². The Morgan fingerprint density at radius 1 is 1.47 bits per heavy atom. The van der Waals surface area contributed by atoms with E-state index in [1.807, 2.05) is 7.05 Å². The Kier molecular flexibility index (Phi) is 3.06. The lowest BCUT2D eigenvalue weighted by Gasteiger charge is -2.18. The summed E-state index contributed by atoms with van der Waals surface area (Å²) in [6.45, 7) is 5.34. The highest BCUT2D eigenvalue weighted by Gasteiger charge is 2.32. The standard InChI is InChI=1S/C13H20N2/c1-9-6-10(2)15-8-12(9)13(7-14-3)11-4-5-11/h6,8,11,13-14H,4-5,7H2,1-3H3. The predicted octanol–water partition coefficient (Wildman–Crippen LogP) is 2.41. The maximum Gasteiger partial charge on any atom is 0.0375 e. The van der Waals surface area contributed by atoms with E-state index in [1.54, 1.807) is 0 Å². The van der Waals surface area contributed by atoms with Crippen LogP contribution in [-0.2, 0) is 0 Å². The first-order valence-electron chi connectivity index (χ1n) is 5.80. The topological polar surface area (TPSA) is 24.9 Å². The van der Waals surface area contributed by atoms with Crippen LogP contribution in [0.2, 0.25) is 0 Å². The van der Waals surface area contributed by atoms with Crippen molar-refractivity contribution in [2.75, 3.05) is 13.6 Å². The second-order valence-corrected chi connectivity index (χ2v) is 4.68. The zero-order valence-electron chi connectivity index (χ0n) is 9.88. The van der Waals surface area contributed by atoms with E-state index in [-0.39, 0.29) is 0 Å². The van der Waals surface area contributed by atoms with Crippen molar-refractivity contribution in [3.05, 3.63) is 29.1 Å². The Labute approximate surface area is 92.1 Å². The van der Waals surface area contributed by atoms with E-state index in [9.17, 15) is 0 Å². The van der Waals surface area contributed by atoms with Gasteiger partial charge in [0.1, 0.15) is 0 Å². The molecule has 1 aliphatic rings. The van der Waals surface area contributed by atoms with Gasteiger partial charge in [-0.2, -0.15) is 0 Å². The van der Waals surface area contributed by atoms with E-state index >= 15 is 0 Å². The van der Waals surface area contributed by atoms with Gasteiger partial charge in [0.25, 0.3) is 0 Å². The van der Waals surface area contributed by atoms with E-state index in [0.29, 0.717) is 5.92 Å². The normalized spacial score (nSPS) is 17.8. The Morgan fingerprint density at radius 2 is 2.20 bits per heavy atom. The molecule has 2 heteroatoms. The van der Waals surface area contributed by atoms with Crippen molar-refractivity contribution in [1.82, 2.24) is 10.3 Å². The fourth-order valence-electron chi connectivity index (χ4n) is 2.34. The summed E-state index contributed by atoms with van der Waals surface area (Å²) in [6.07, 6.45) is 4.85. The van der Waals surface area contributed by atoms with Gasteiger partial charge in [-0.25, -0.2) is 0 Å². The molecule has 15 heavy (non-hydrogen) atoms. The molecule has 0 spiro atoms. The van der Waals surface area contributed by atoms with Crippen LogP contribution in [0.3, 0.4) is 0 Å². The summed E-state index contributed by atoms with van der Waals surface area (Å²) in [5.74, 6) is 1.56. The molecule has 1 N–H and O–H groups in total. The second-order valence-electron chi connectivity index (χ2n) is 4.68. The van der Waals surface area contributed by atoms with Gasteiger partial charge in [0.2, 0.25) is 0 Å². The Morgan fingerprint density at radius 3 is 2.73 bits per heavy atom. The molecule has 1 heterocycles. The average molecular weight is 204 g/mol. The third-order valence-electron chi connectivity index (χ3n) is 3.30. The van der Waals surface area contributed by atoms with E-state index in [0.717, 1.165) is 18.2 Å². The highest BCUT2D eigenvalue weighted by Crippen LogP contribution is 2.42. The van der Waals surface area contributed by atoms with Gasteiger partial charge in [-0.3, -0.25) is 4.98 Å². The zero-order chi connectivity index (χ0) is 10.8. The van der Waals surface area contributed by atoms with Gasteiger partial charge in [-0.15, -0.1) is 0 Å². The molecule has 0 amide bonds. The van der Waals surface area contributed by atoms with Gasteiger partial charge in [0.15, 0.2) is 0 Å². The molecule has 1 unspecified atom stereocenters. The third kappa shape index (κ3) is 2.37. The molecule has 0 bridgehead atoms. The largest absolute Gasteiger partial charge is 0.319 e. The molecule has 1 aromatic rings. The molecule has 1 fully saturated rings. The van der Waals surface area contributed by atoms with Gasteiger partial charge >= 0.3 is 0 Å². The number of aromatic nitrogens is 1. The number of pyridine rings is 1. The quantitative estimate of drug-likeness (QED) is 0.814. The van der Waals surface area contributed by atoms with E-state index in [2.05, 4.69) is 36.4 Å². The SMILES string of the molecule is CNCC(c1cnc(C)cc1C)C1CC1. The van der Waals surface area contributed by atoms with Gasteiger partial charge in [-0.1, -0.05) is 0 Å². The first-order chi connectivity index (χ1) is 7.22. The molecule has 0 aromatic carbocycles. The number of aryl methyl sites for hydroxylation is 2. The molecule has 82 valence electrons. The summed E-state index contributed by atoms with van der Waals surface area (Å²) in [5.41, 5.74) is 3.96. The molecule has 1 atom stereocenters. The highest BCUT2D eigenvalue weighted by atomic mass is 14.8. The maximum atomic E-state index is 4.43. The van der Waals surface area contributed by atoms with Crippen molar-refractivity contribution >= 4 is 0 Å². The Balaban J connectivity index is 2.24. The molecular formula is C13H20N2. The molecule has 2 nitrogen and oxygen atoms in total. The molecule has 0 saturated heterocycles. The van der Waals surface area contributed by atoms with Crippen LogP contribution in [0, 0.1) is 19.8 Å². The van der Waals surface area contributed by atoms with Crippen LogP contribution in [0.25, 0.3) is 0 Å². The number of nitrogens with zero attached hydrogens (tertiary/aromatic N) is 1. The monoisotopic (exact) mass is 204 g/mol. The smallest absolute Gasteiger partial charge is 0.0375 e. The molecule has 0 radical (unpaired) electrons. The fourth-order valence-corrected chi connectivity index (χ4v) is 2.34. The van der Waals surface area contributed by atoms with E-state index < -0.39 is 0 Å². The summed E-state index contributed by atoms with van der Waals surface area (Å²) in [4.78, 5) is 4.43. The lowest BCUT2D eigenvalue weighted by molar-refractivity contribution is 0.562. The van der Waals surface area contributed by atoms with Crippen LogP contribution in [0.1, 0.15) is 35.6 Å². The zero-order valence-corrected chi connectivity index (χ0v) is 9.88. The van der Waals surface area contributed by atoms with Crippen molar-refractivity contribution in [3.8, 4) is 0 Å². The number of rotatable bonds is 4. The van der Waals surface area contributed by atoms with Crippen LogP contribution in [0.4, 0.5) is 0 Å². The van der Waals surface area contributed by atoms with Crippen molar-refractivity contribution in [3.63, 3.8) is 0 Å². The second kappa shape index (κ2) is 4.31. The minimum absolute atomic E-state index is 0.670. The average Bonchev–Trinajstić information content (AvgIpc) is 2.98. The number of hydrogen-bond acceptors (Lipinski definition) is 2. The summed E-state index contributed by atoms with van der Waals surface area (Å²) in [5, 5.41) is 3.30. The summed E-state index contributed by atoms with van der Waals surface area (Å²) in [7, 11) is 2.03. The van der Waals surface area contributed by atoms with Crippen LogP contribution >= 0.6 is 0 Å². The van der Waals surface area contributed by atoms with Crippen LogP contribution < -0.4 is 5.32 Å². The van der Waals surface area contributed by atoms with Gasteiger partial charge in [-0.05, 0) is 56.8 Å². The van der Waals surface area contributed by atoms with Crippen LogP contribution in [0.15, 0.2) is 12.3 Å². The van der Waals surface area contributed by atoms with Gasteiger partial charge in [0, 0.05) is 24.4 Å². The van der Waals surface area contributed by atoms with Crippen molar-refractivity contribution < 1.29 is 0 Å². The number of nitrogens with one attached hydrogen (secondary N) is 1. The lowest BCUT2D eigenvalue weighted by Crippen LogP contribution is -2.19. The van der Waals surface area contributed by atoms with E-state index in [4.69, 9.17) is 0 Å². The first-order valence-corrected chi connectivity index (χ1v) is 5.80. The Bertz CT molecular complexity index is 342. The molecule has 1 aliphatic carbocycles. The summed E-state index contributed by atoms with van der Waals surface area (Å²) >= 11 is 0. The number of likely N-dealkylation sites (N-methyl/N-ethyl adjacent to an activating group) is 1. The predicted molar refractivity (Wildman–Crippen MR) is 63.1 cm³/mol. The molecule has 0 aliphatic heterocycles. The maximum absolute atomic E-state index is 4.43. The Hall–Kier alpha value is -0.890. The molecule has 1 saturated carbocycles. The third-order valence-corrected chi connectivity index (χ3v) is 3.30. The molecule has 2 rings (SSSR count).